The minimum atomic E-state index is -0.823. The second kappa shape index (κ2) is 6.32. The number of likely N-dealkylation sites (tertiary alicyclic amines) is 1. The summed E-state index contributed by atoms with van der Waals surface area (Å²) in [4.78, 5) is 28.2. The quantitative estimate of drug-likeness (QED) is 0.813. The van der Waals surface area contributed by atoms with Gasteiger partial charge in [-0.05, 0) is 48.9 Å². The van der Waals surface area contributed by atoms with Gasteiger partial charge in [-0.15, -0.1) is 0 Å². The minimum Gasteiger partial charge on any atom is -0.481 e. The number of aryl methyl sites for hydroxylation is 1. The summed E-state index contributed by atoms with van der Waals surface area (Å²) < 4.78 is 0. The summed E-state index contributed by atoms with van der Waals surface area (Å²) in [6, 6.07) is 7.92. The van der Waals surface area contributed by atoms with Crippen molar-refractivity contribution in [2.45, 2.75) is 26.3 Å². The zero-order chi connectivity index (χ0) is 16.4. The molecule has 6 heteroatoms. The maximum absolute atomic E-state index is 12.2. The number of carboxylic acid groups (broad SMARTS) is 1. The molecule has 23 heavy (non-hydrogen) atoms. The Labute approximate surface area is 134 Å². The summed E-state index contributed by atoms with van der Waals surface area (Å²) in [6.45, 7) is 3.35. The van der Waals surface area contributed by atoms with Gasteiger partial charge < -0.3 is 20.3 Å². The van der Waals surface area contributed by atoms with Crippen molar-refractivity contribution in [2.24, 2.45) is 5.92 Å². The predicted molar refractivity (Wildman–Crippen MR) is 87.2 cm³/mol. The molecular formula is C17H21N3O3. The molecule has 0 saturated carbocycles. The molecule has 1 saturated heterocycles. The van der Waals surface area contributed by atoms with Gasteiger partial charge in [0, 0.05) is 30.8 Å². The Morgan fingerprint density at radius 1 is 1.39 bits per heavy atom. The number of hydrogen-bond acceptors (Lipinski definition) is 2. The molecule has 0 spiro atoms. The second-order valence-corrected chi connectivity index (χ2v) is 6.16. The summed E-state index contributed by atoms with van der Waals surface area (Å²) >= 11 is 0. The first-order valence-corrected chi connectivity index (χ1v) is 7.87. The molecule has 2 heterocycles. The van der Waals surface area contributed by atoms with Gasteiger partial charge in [0.25, 0.3) is 0 Å². The number of carboxylic acids is 1. The SMILES string of the molecule is Cc1cc2cc(CNC(=O)N3CCCC(C(=O)O)C3)ccc2[nH]1. The molecule has 2 aromatic rings. The van der Waals surface area contributed by atoms with Crippen LogP contribution in [0.3, 0.4) is 0 Å². The van der Waals surface area contributed by atoms with E-state index in [0.717, 1.165) is 28.6 Å². The number of urea groups is 1. The van der Waals surface area contributed by atoms with Gasteiger partial charge in [0.1, 0.15) is 0 Å². The van der Waals surface area contributed by atoms with Crippen LogP contribution in [-0.4, -0.2) is 40.1 Å². The second-order valence-electron chi connectivity index (χ2n) is 6.16. The molecule has 1 fully saturated rings. The summed E-state index contributed by atoms with van der Waals surface area (Å²) in [5.74, 6) is -1.27. The third kappa shape index (κ3) is 3.47. The Kier molecular flexibility index (Phi) is 4.23. The Hall–Kier alpha value is -2.50. The maximum Gasteiger partial charge on any atom is 0.317 e. The number of aliphatic carboxylic acids is 1. The van der Waals surface area contributed by atoms with Crippen molar-refractivity contribution in [3.05, 3.63) is 35.5 Å². The fourth-order valence-corrected chi connectivity index (χ4v) is 3.09. The lowest BCUT2D eigenvalue weighted by Gasteiger charge is -2.30. The van der Waals surface area contributed by atoms with E-state index in [1.807, 2.05) is 19.1 Å². The van der Waals surface area contributed by atoms with Crippen LogP contribution in [-0.2, 0) is 11.3 Å². The van der Waals surface area contributed by atoms with Crippen molar-refractivity contribution < 1.29 is 14.7 Å². The molecule has 1 aromatic heterocycles. The molecule has 1 aromatic carbocycles. The van der Waals surface area contributed by atoms with Crippen molar-refractivity contribution in [1.82, 2.24) is 15.2 Å². The van der Waals surface area contributed by atoms with E-state index in [1.165, 1.54) is 0 Å². The highest BCUT2D eigenvalue weighted by molar-refractivity contribution is 5.81. The van der Waals surface area contributed by atoms with Gasteiger partial charge in [-0.1, -0.05) is 6.07 Å². The van der Waals surface area contributed by atoms with E-state index in [0.29, 0.717) is 19.5 Å². The first-order chi connectivity index (χ1) is 11.0. The fourth-order valence-electron chi connectivity index (χ4n) is 3.09. The number of piperidine rings is 1. The van der Waals surface area contributed by atoms with E-state index in [4.69, 9.17) is 5.11 Å². The lowest BCUT2D eigenvalue weighted by molar-refractivity contribution is -0.143. The molecular weight excluding hydrogens is 294 g/mol. The van der Waals surface area contributed by atoms with E-state index < -0.39 is 11.9 Å². The van der Waals surface area contributed by atoms with Crippen LogP contribution in [0, 0.1) is 12.8 Å². The summed E-state index contributed by atoms with van der Waals surface area (Å²) in [5, 5.41) is 13.1. The molecule has 1 aliphatic heterocycles. The van der Waals surface area contributed by atoms with Crippen molar-refractivity contribution in [1.29, 1.82) is 0 Å². The number of benzene rings is 1. The van der Waals surface area contributed by atoms with E-state index in [9.17, 15) is 9.59 Å². The van der Waals surface area contributed by atoms with Gasteiger partial charge in [-0.2, -0.15) is 0 Å². The van der Waals surface area contributed by atoms with Crippen LogP contribution in [0.2, 0.25) is 0 Å². The number of amides is 2. The molecule has 0 radical (unpaired) electrons. The van der Waals surface area contributed by atoms with Crippen LogP contribution >= 0.6 is 0 Å². The molecule has 1 unspecified atom stereocenters. The number of rotatable bonds is 3. The van der Waals surface area contributed by atoms with Gasteiger partial charge in [-0.3, -0.25) is 4.79 Å². The topological polar surface area (TPSA) is 85.4 Å². The minimum absolute atomic E-state index is 0.193. The standard InChI is InChI=1S/C17H21N3O3/c1-11-7-14-8-12(4-5-15(14)19-11)9-18-17(23)20-6-2-3-13(10-20)16(21)22/h4-5,7-8,13,19H,2-3,6,9-10H2,1H3,(H,18,23)(H,21,22). The van der Waals surface area contributed by atoms with E-state index in [1.54, 1.807) is 4.90 Å². The van der Waals surface area contributed by atoms with E-state index in [2.05, 4.69) is 22.4 Å². The third-order valence-corrected chi connectivity index (χ3v) is 4.32. The molecule has 0 bridgehead atoms. The smallest absolute Gasteiger partial charge is 0.317 e. The summed E-state index contributed by atoms with van der Waals surface area (Å²) in [6.07, 6.45) is 1.38. The third-order valence-electron chi connectivity index (χ3n) is 4.32. The van der Waals surface area contributed by atoms with Crippen molar-refractivity contribution in [3.8, 4) is 0 Å². The number of fused-ring (bicyclic) bond motifs is 1. The number of aromatic amines is 1. The zero-order valence-corrected chi connectivity index (χ0v) is 13.1. The highest BCUT2D eigenvalue weighted by atomic mass is 16.4. The van der Waals surface area contributed by atoms with Crippen LogP contribution in [0.4, 0.5) is 4.79 Å². The number of hydrogen-bond donors (Lipinski definition) is 3. The molecule has 3 rings (SSSR count). The lowest BCUT2D eigenvalue weighted by Crippen LogP contribution is -2.46. The zero-order valence-electron chi connectivity index (χ0n) is 13.1. The number of nitrogens with zero attached hydrogens (tertiary/aromatic N) is 1. The first-order valence-electron chi connectivity index (χ1n) is 7.87. The lowest BCUT2D eigenvalue weighted by atomic mass is 9.99. The Bertz CT molecular complexity index is 738. The summed E-state index contributed by atoms with van der Waals surface area (Å²) in [5.41, 5.74) is 3.21. The summed E-state index contributed by atoms with van der Waals surface area (Å²) in [7, 11) is 0. The van der Waals surface area contributed by atoms with Gasteiger partial charge in [-0.25, -0.2) is 4.79 Å². The van der Waals surface area contributed by atoms with Gasteiger partial charge >= 0.3 is 12.0 Å². The molecule has 122 valence electrons. The van der Waals surface area contributed by atoms with Crippen LogP contribution in [0.25, 0.3) is 10.9 Å². The van der Waals surface area contributed by atoms with Crippen LogP contribution < -0.4 is 5.32 Å². The Morgan fingerprint density at radius 3 is 3.00 bits per heavy atom. The van der Waals surface area contributed by atoms with Crippen molar-refractivity contribution in [3.63, 3.8) is 0 Å². The number of carbonyl (C=O) groups is 2. The fraction of sp³-hybridized carbons (Fsp3) is 0.412. The van der Waals surface area contributed by atoms with Crippen molar-refractivity contribution >= 4 is 22.9 Å². The molecule has 1 aliphatic rings. The first kappa shape index (κ1) is 15.4. The Morgan fingerprint density at radius 2 is 2.22 bits per heavy atom. The molecule has 6 nitrogen and oxygen atoms in total. The van der Waals surface area contributed by atoms with E-state index >= 15 is 0 Å². The van der Waals surface area contributed by atoms with E-state index in [-0.39, 0.29) is 12.6 Å². The highest BCUT2D eigenvalue weighted by Crippen LogP contribution is 2.18. The van der Waals surface area contributed by atoms with Crippen LogP contribution in [0.1, 0.15) is 24.1 Å². The number of H-pyrrole nitrogens is 1. The normalized spacial score (nSPS) is 18.1. The van der Waals surface area contributed by atoms with Gasteiger partial charge in [0.2, 0.25) is 0 Å². The molecule has 0 aliphatic carbocycles. The highest BCUT2D eigenvalue weighted by Gasteiger charge is 2.27. The monoisotopic (exact) mass is 315 g/mol. The average Bonchev–Trinajstić information content (AvgIpc) is 2.91. The number of aromatic nitrogens is 1. The van der Waals surface area contributed by atoms with Gasteiger partial charge in [0.05, 0.1) is 5.92 Å². The van der Waals surface area contributed by atoms with Crippen molar-refractivity contribution in [2.75, 3.05) is 13.1 Å². The number of carbonyl (C=O) groups excluding carboxylic acids is 1. The van der Waals surface area contributed by atoms with Crippen LogP contribution in [0.15, 0.2) is 24.3 Å². The predicted octanol–water partition coefficient (Wildman–Crippen LogP) is 2.48. The average molecular weight is 315 g/mol. The van der Waals surface area contributed by atoms with Gasteiger partial charge in [0.15, 0.2) is 0 Å². The molecule has 3 N–H and O–H groups in total. The largest absolute Gasteiger partial charge is 0.481 e. The molecule has 2 amide bonds. The maximum atomic E-state index is 12.2. The Balaban J connectivity index is 1.60. The molecule has 1 atom stereocenters. The van der Waals surface area contributed by atoms with Crippen LogP contribution in [0.5, 0.6) is 0 Å². The number of nitrogens with one attached hydrogen (secondary N) is 2.